The molecular weight excluding hydrogens is 224 g/mol. The summed E-state index contributed by atoms with van der Waals surface area (Å²) < 4.78 is 4.27. The molecule has 3 aromatic heterocycles. The fourth-order valence-electron chi connectivity index (χ4n) is 2.18. The van der Waals surface area contributed by atoms with Gasteiger partial charge in [-0.05, 0) is 31.3 Å². The van der Waals surface area contributed by atoms with Gasteiger partial charge in [0.05, 0.1) is 12.2 Å². The van der Waals surface area contributed by atoms with Gasteiger partial charge < -0.3 is 14.3 Å². The quantitative estimate of drug-likeness (QED) is 0.756. The van der Waals surface area contributed by atoms with Crippen molar-refractivity contribution in [1.29, 1.82) is 0 Å². The Morgan fingerprint density at radius 1 is 1.17 bits per heavy atom. The Hall–Kier alpha value is -2.07. The van der Waals surface area contributed by atoms with Gasteiger partial charge in [-0.25, -0.2) is 4.98 Å². The lowest BCUT2D eigenvalue weighted by Gasteiger charge is -2.06. The van der Waals surface area contributed by atoms with Gasteiger partial charge in [0, 0.05) is 30.8 Å². The molecule has 92 valence electrons. The number of rotatable bonds is 4. The van der Waals surface area contributed by atoms with Crippen LogP contribution in [0.15, 0.2) is 48.9 Å². The molecule has 0 unspecified atom stereocenters. The summed E-state index contributed by atoms with van der Waals surface area (Å²) in [6, 6.07) is 10.2. The predicted octanol–water partition coefficient (Wildman–Crippen LogP) is 1.90. The molecule has 0 fully saturated rings. The largest absolute Gasteiger partial charge is 0.344 e. The second kappa shape index (κ2) is 4.66. The van der Waals surface area contributed by atoms with E-state index in [1.54, 1.807) is 0 Å². The topological polar surface area (TPSA) is 34.3 Å². The van der Waals surface area contributed by atoms with Crippen molar-refractivity contribution in [3.05, 3.63) is 60.3 Å². The molecule has 0 saturated carbocycles. The third-order valence-corrected chi connectivity index (χ3v) is 3.03. The van der Waals surface area contributed by atoms with Crippen LogP contribution in [0.25, 0.3) is 5.65 Å². The van der Waals surface area contributed by atoms with E-state index >= 15 is 0 Å². The maximum Gasteiger partial charge on any atom is 0.137 e. The molecule has 0 atom stereocenters. The highest BCUT2D eigenvalue weighted by molar-refractivity contribution is 5.39. The molecule has 4 heteroatoms. The molecule has 0 saturated heterocycles. The van der Waals surface area contributed by atoms with Gasteiger partial charge in [0.2, 0.25) is 0 Å². The monoisotopic (exact) mass is 240 g/mol. The van der Waals surface area contributed by atoms with Crippen LogP contribution in [0.4, 0.5) is 0 Å². The molecule has 3 aromatic rings. The van der Waals surface area contributed by atoms with E-state index in [1.165, 1.54) is 5.69 Å². The van der Waals surface area contributed by atoms with Gasteiger partial charge in [-0.3, -0.25) is 0 Å². The second-order valence-electron chi connectivity index (χ2n) is 4.36. The third kappa shape index (κ3) is 2.02. The van der Waals surface area contributed by atoms with Gasteiger partial charge in [-0.15, -0.1) is 0 Å². The fourth-order valence-corrected chi connectivity index (χ4v) is 2.18. The van der Waals surface area contributed by atoms with Gasteiger partial charge in [-0.1, -0.05) is 6.07 Å². The van der Waals surface area contributed by atoms with E-state index in [1.807, 2.05) is 31.4 Å². The molecule has 0 aliphatic heterocycles. The van der Waals surface area contributed by atoms with Crippen molar-refractivity contribution < 1.29 is 0 Å². The molecule has 0 bridgehead atoms. The van der Waals surface area contributed by atoms with Crippen molar-refractivity contribution in [2.24, 2.45) is 0 Å². The smallest absolute Gasteiger partial charge is 0.137 e. The molecule has 18 heavy (non-hydrogen) atoms. The third-order valence-electron chi connectivity index (χ3n) is 3.03. The molecule has 1 N–H and O–H groups in total. The number of aromatic nitrogens is 3. The molecule has 0 aliphatic carbocycles. The summed E-state index contributed by atoms with van der Waals surface area (Å²) >= 11 is 0. The number of nitrogens with one attached hydrogen (secondary N) is 1. The lowest BCUT2D eigenvalue weighted by molar-refractivity contribution is 0.687. The van der Waals surface area contributed by atoms with E-state index in [4.69, 9.17) is 0 Å². The lowest BCUT2D eigenvalue weighted by atomic mass is 10.4. The molecule has 0 aliphatic rings. The van der Waals surface area contributed by atoms with E-state index in [2.05, 4.69) is 43.8 Å². The van der Waals surface area contributed by atoms with Crippen molar-refractivity contribution in [2.45, 2.75) is 13.1 Å². The minimum atomic E-state index is 0.811. The van der Waals surface area contributed by atoms with Crippen LogP contribution in [0, 0.1) is 0 Å². The van der Waals surface area contributed by atoms with E-state index in [0.29, 0.717) is 0 Å². The maximum atomic E-state index is 4.61. The highest BCUT2D eigenvalue weighted by Crippen LogP contribution is 2.09. The summed E-state index contributed by atoms with van der Waals surface area (Å²) in [7, 11) is 1.96. The van der Waals surface area contributed by atoms with E-state index in [0.717, 1.165) is 24.4 Å². The van der Waals surface area contributed by atoms with Gasteiger partial charge in [-0.2, -0.15) is 0 Å². The Kier molecular flexibility index (Phi) is 2.86. The summed E-state index contributed by atoms with van der Waals surface area (Å²) in [4.78, 5) is 4.61. The van der Waals surface area contributed by atoms with Crippen LogP contribution in [-0.2, 0) is 13.1 Å². The average Bonchev–Trinajstić information content (AvgIpc) is 2.97. The number of fused-ring (bicyclic) bond motifs is 1. The Bertz CT molecular complexity index is 617. The molecule has 0 amide bonds. The minimum absolute atomic E-state index is 0.811. The highest BCUT2D eigenvalue weighted by Gasteiger charge is 2.04. The zero-order valence-electron chi connectivity index (χ0n) is 10.4. The Morgan fingerprint density at radius 3 is 2.94 bits per heavy atom. The van der Waals surface area contributed by atoms with Crippen molar-refractivity contribution >= 4 is 5.65 Å². The number of imidazole rings is 1. The highest BCUT2D eigenvalue weighted by atomic mass is 15.0. The first kappa shape index (κ1) is 11.0. The molecular formula is C14H16N4. The summed E-state index contributed by atoms with van der Waals surface area (Å²) in [6.45, 7) is 1.69. The first-order valence-electron chi connectivity index (χ1n) is 6.08. The van der Waals surface area contributed by atoms with E-state index in [-0.39, 0.29) is 0 Å². The van der Waals surface area contributed by atoms with E-state index < -0.39 is 0 Å². The van der Waals surface area contributed by atoms with Crippen molar-refractivity contribution in [3.63, 3.8) is 0 Å². The van der Waals surface area contributed by atoms with Crippen LogP contribution in [0.3, 0.4) is 0 Å². The zero-order valence-corrected chi connectivity index (χ0v) is 10.4. The van der Waals surface area contributed by atoms with Crippen molar-refractivity contribution in [2.75, 3.05) is 7.05 Å². The summed E-state index contributed by atoms with van der Waals surface area (Å²) in [5, 5.41) is 3.18. The Labute approximate surface area is 106 Å². The Balaban J connectivity index is 1.89. The Morgan fingerprint density at radius 2 is 2.11 bits per heavy atom. The second-order valence-corrected chi connectivity index (χ2v) is 4.36. The zero-order chi connectivity index (χ0) is 12.4. The normalized spacial score (nSPS) is 11.2. The van der Waals surface area contributed by atoms with Crippen LogP contribution in [0.1, 0.15) is 11.4 Å². The van der Waals surface area contributed by atoms with Gasteiger partial charge in [0.25, 0.3) is 0 Å². The fraction of sp³-hybridized carbons (Fsp3) is 0.214. The SMILES string of the molecule is CNCc1cccn1Cc1cn2ccccc2n1. The number of nitrogens with zero attached hydrogens (tertiary/aromatic N) is 3. The minimum Gasteiger partial charge on any atom is -0.344 e. The molecule has 0 spiro atoms. The number of hydrogen-bond donors (Lipinski definition) is 1. The standard InChI is InChI=1S/C14H16N4/c1-15-9-13-5-4-8-17(13)10-12-11-18-7-3-2-6-14(18)16-12/h2-8,11,15H,9-10H2,1H3. The summed E-state index contributed by atoms with van der Waals surface area (Å²) in [6.07, 6.45) is 6.20. The van der Waals surface area contributed by atoms with Crippen LogP contribution in [0.5, 0.6) is 0 Å². The number of hydrogen-bond acceptors (Lipinski definition) is 2. The maximum absolute atomic E-state index is 4.61. The number of pyridine rings is 1. The van der Waals surface area contributed by atoms with Crippen LogP contribution < -0.4 is 5.32 Å². The summed E-state index contributed by atoms with van der Waals surface area (Å²) in [5.41, 5.74) is 3.35. The molecule has 3 heterocycles. The van der Waals surface area contributed by atoms with Crippen LogP contribution in [0.2, 0.25) is 0 Å². The molecule has 0 radical (unpaired) electrons. The lowest BCUT2D eigenvalue weighted by Crippen LogP contribution is -2.11. The first-order valence-corrected chi connectivity index (χ1v) is 6.08. The van der Waals surface area contributed by atoms with Gasteiger partial charge in [0.1, 0.15) is 5.65 Å². The summed E-state index contributed by atoms with van der Waals surface area (Å²) in [5.74, 6) is 0. The average molecular weight is 240 g/mol. The van der Waals surface area contributed by atoms with Crippen molar-refractivity contribution in [3.8, 4) is 0 Å². The van der Waals surface area contributed by atoms with Crippen LogP contribution >= 0.6 is 0 Å². The van der Waals surface area contributed by atoms with E-state index in [9.17, 15) is 0 Å². The first-order chi connectivity index (χ1) is 8.86. The van der Waals surface area contributed by atoms with Crippen LogP contribution in [-0.4, -0.2) is 21.0 Å². The molecule has 4 nitrogen and oxygen atoms in total. The molecule has 3 rings (SSSR count). The predicted molar refractivity (Wildman–Crippen MR) is 71.5 cm³/mol. The van der Waals surface area contributed by atoms with Gasteiger partial charge in [0.15, 0.2) is 0 Å². The molecule has 0 aromatic carbocycles. The van der Waals surface area contributed by atoms with Crippen molar-refractivity contribution in [1.82, 2.24) is 19.3 Å². The van der Waals surface area contributed by atoms with Gasteiger partial charge >= 0.3 is 0 Å².